The molecule has 2 amide bonds. The molecule has 3 aromatic rings. The van der Waals surface area contributed by atoms with E-state index in [1.54, 1.807) is 35.2 Å². The minimum atomic E-state index is -0.743. The molecule has 0 heterocycles. The van der Waals surface area contributed by atoms with Crippen LogP contribution in [0.15, 0.2) is 78.9 Å². The van der Waals surface area contributed by atoms with Crippen molar-refractivity contribution in [1.82, 2.24) is 10.2 Å². The van der Waals surface area contributed by atoms with E-state index >= 15 is 0 Å². The van der Waals surface area contributed by atoms with Gasteiger partial charge in [-0.3, -0.25) is 9.59 Å². The van der Waals surface area contributed by atoms with Crippen molar-refractivity contribution in [2.45, 2.75) is 45.3 Å². The molecule has 0 aliphatic heterocycles. The number of carbonyl (C=O) groups is 2. The van der Waals surface area contributed by atoms with Crippen molar-refractivity contribution in [3.8, 4) is 5.75 Å². The predicted molar refractivity (Wildman–Crippen MR) is 141 cm³/mol. The molecule has 2 atom stereocenters. The Labute approximate surface area is 217 Å². The van der Waals surface area contributed by atoms with Crippen LogP contribution >= 0.6 is 23.2 Å². The Kier molecular flexibility index (Phi) is 10.0. The molecule has 7 heteroatoms. The molecule has 0 saturated carbocycles. The molecule has 3 rings (SSSR count). The molecular weight excluding hydrogens is 483 g/mol. The highest BCUT2D eigenvalue weighted by molar-refractivity contribution is 6.42. The van der Waals surface area contributed by atoms with Crippen molar-refractivity contribution < 1.29 is 14.3 Å². The highest BCUT2D eigenvalue weighted by Crippen LogP contribution is 2.24. The molecule has 0 fully saturated rings. The Bertz CT molecular complexity index is 1110. The van der Waals surface area contributed by atoms with Gasteiger partial charge in [0.25, 0.3) is 5.91 Å². The third kappa shape index (κ3) is 8.01. The molecule has 0 unspecified atom stereocenters. The normalized spacial score (nSPS) is 12.5. The van der Waals surface area contributed by atoms with Crippen molar-refractivity contribution in [2.24, 2.45) is 0 Å². The molecular formula is C28H30Cl2N2O3. The van der Waals surface area contributed by atoms with E-state index in [1.165, 1.54) is 0 Å². The monoisotopic (exact) mass is 512 g/mol. The van der Waals surface area contributed by atoms with E-state index in [0.29, 0.717) is 22.2 Å². The summed E-state index contributed by atoms with van der Waals surface area (Å²) in [6.45, 7) is 3.93. The summed E-state index contributed by atoms with van der Waals surface area (Å²) < 4.78 is 5.74. The number of hydrogen-bond acceptors (Lipinski definition) is 3. The van der Waals surface area contributed by atoms with Crippen molar-refractivity contribution >= 4 is 35.0 Å². The third-order valence-corrected chi connectivity index (χ3v) is 6.45. The summed E-state index contributed by atoms with van der Waals surface area (Å²) in [4.78, 5) is 28.5. The number of amides is 2. The molecule has 1 N–H and O–H groups in total. The predicted octanol–water partition coefficient (Wildman–Crippen LogP) is 5.93. The molecule has 0 aromatic heterocycles. The Hall–Kier alpha value is -3.02. The maximum Gasteiger partial charge on any atom is 0.261 e. The van der Waals surface area contributed by atoms with Gasteiger partial charge in [0.05, 0.1) is 10.0 Å². The number of para-hydroxylation sites is 1. The second kappa shape index (κ2) is 13.2. The highest BCUT2D eigenvalue weighted by Gasteiger charge is 2.31. The number of carbonyl (C=O) groups excluding carboxylic acids is 2. The zero-order valence-electron chi connectivity index (χ0n) is 19.9. The smallest absolute Gasteiger partial charge is 0.261 e. The van der Waals surface area contributed by atoms with Gasteiger partial charge in [-0.05, 0) is 48.7 Å². The number of ether oxygens (including phenoxy) is 1. The van der Waals surface area contributed by atoms with Gasteiger partial charge in [0, 0.05) is 19.0 Å². The average Bonchev–Trinajstić information content (AvgIpc) is 2.87. The first-order chi connectivity index (χ1) is 16.9. The third-order valence-electron chi connectivity index (χ3n) is 5.71. The molecule has 3 aromatic carbocycles. The first-order valence-electron chi connectivity index (χ1n) is 11.6. The number of nitrogens with zero attached hydrogens (tertiary/aromatic N) is 1. The Morgan fingerprint density at radius 1 is 0.914 bits per heavy atom. The van der Waals surface area contributed by atoms with Crippen LogP contribution in [-0.2, 0) is 22.6 Å². The lowest BCUT2D eigenvalue weighted by molar-refractivity contribution is -0.143. The van der Waals surface area contributed by atoms with Crippen LogP contribution in [0.1, 0.15) is 31.4 Å². The van der Waals surface area contributed by atoms with Gasteiger partial charge in [-0.2, -0.15) is 0 Å². The van der Waals surface area contributed by atoms with E-state index < -0.39 is 6.04 Å². The number of hydrogen-bond donors (Lipinski definition) is 1. The van der Waals surface area contributed by atoms with E-state index in [-0.39, 0.29) is 31.0 Å². The fourth-order valence-electron chi connectivity index (χ4n) is 3.57. The van der Waals surface area contributed by atoms with Gasteiger partial charge >= 0.3 is 0 Å². The quantitative estimate of drug-likeness (QED) is 0.346. The lowest BCUT2D eigenvalue weighted by atomic mass is 10.0. The standard InChI is InChI=1S/C28H30Cl2N2O3/c1-3-20(2)31-28(34)26(17-21-10-6-4-7-11-21)32(18-22-14-15-24(29)25(30)16-22)27(33)19-35-23-12-8-5-9-13-23/h4-16,20,26H,3,17-19H2,1-2H3,(H,31,34)/t20-,26+/m1/s1. The maximum absolute atomic E-state index is 13.5. The van der Waals surface area contributed by atoms with Crippen LogP contribution in [0.5, 0.6) is 5.75 Å². The highest BCUT2D eigenvalue weighted by atomic mass is 35.5. The van der Waals surface area contributed by atoms with Crippen LogP contribution in [-0.4, -0.2) is 35.4 Å². The Morgan fingerprint density at radius 3 is 2.20 bits per heavy atom. The van der Waals surface area contributed by atoms with Gasteiger partial charge in [-0.1, -0.05) is 84.7 Å². The zero-order valence-corrected chi connectivity index (χ0v) is 21.4. The Morgan fingerprint density at radius 2 is 1.57 bits per heavy atom. The number of halogens is 2. The van der Waals surface area contributed by atoms with Gasteiger partial charge in [0.1, 0.15) is 11.8 Å². The lowest BCUT2D eigenvalue weighted by Crippen LogP contribution is -2.53. The first kappa shape index (κ1) is 26.6. The molecule has 0 aliphatic carbocycles. The minimum absolute atomic E-state index is 0.0247. The average molecular weight is 513 g/mol. The fraction of sp³-hybridized carbons (Fsp3) is 0.286. The molecule has 0 bridgehead atoms. The topological polar surface area (TPSA) is 58.6 Å². The fourth-order valence-corrected chi connectivity index (χ4v) is 3.90. The zero-order chi connectivity index (χ0) is 25.2. The molecule has 0 radical (unpaired) electrons. The van der Waals surface area contributed by atoms with Gasteiger partial charge < -0.3 is 15.0 Å². The van der Waals surface area contributed by atoms with Crippen molar-refractivity contribution in [3.63, 3.8) is 0 Å². The van der Waals surface area contributed by atoms with Crippen LogP contribution < -0.4 is 10.1 Å². The molecule has 5 nitrogen and oxygen atoms in total. The summed E-state index contributed by atoms with van der Waals surface area (Å²) in [5.41, 5.74) is 1.72. The van der Waals surface area contributed by atoms with E-state index in [1.807, 2.05) is 62.4 Å². The number of benzene rings is 3. The van der Waals surface area contributed by atoms with E-state index in [0.717, 1.165) is 17.5 Å². The SMILES string of the molecule is CC[C@@H](C)NC(=O)[C@H](Cc1ccccc1)N(Cc1ccc(Cl)c(Cl)c1)C(=O)COc1ccccc1. The van der Waals surface area contributed by atoms with E-state index in [2.05, 4.69) is 5.32 Å². The summed E-state index contributed by atoms with van der Waals surface area (Å²) >= 11 is 12.3. The second-order valence-electron chi connectivity index (χ2n) is 8.40. The summed E-state index contributed by atoms with van der Waals surface area (Å²) in [5.74, 6) is 0.0653. The molecule has 184 valence electrons. The summed E-state index contributed by atoms with van der Waals surface area (Å²) in [6.07, 6.45) is 1.14. The van der Waals surface area contributed by atoms with Crippen molar-refractivity contribution in [2.75, 3.05) is 6.61 Å². The number of rotatable bonds is 11. The maximum atomic E-state index is 13.5. The molecule has 0 saturated heterocycles. The second-order valence-corrected chi connectivity index (χ2v) is 9.21. The molecule has 0 aliphatic rings. The largest absolute Gasteiger partial charge is 0.484 e. The van der Waals surface area contributed by atoms with Gasteiger partial charge in [-0.15, -0.1) is 0 Å². The van der Waals surface area contributed by atoms with Crippen LogP contribution in [0.2, 0.25) is 10.0 Å². The lowest BCUT2D eigenvalue weighted by Gasteiger charge is -2.32. The summed E-state index contributed by atoms with van der Waals surface area (Å²) in [5, 5.41) is 3.86. The van der Waals surface area contributed by atoms with Crippen LogP contribution in [0.3, 0.4) is 0 Å². The Balaban J connectivity index is 1.93. The van der Waals surface area contributed by atoms with Crippen LogP contribution in [0.25, 0.3) is 0 Å². The van der Waals surface area contributed by atoms with Gasteiger partial charge in [0.2, 0.25) is 5.91 Å². The van der Waals surface area contributed by atoms with Gasteiger partial charge in [-0.25, -0.2) is 0 Å². The molecule has 35 heavy (non-hydrogen) atoms. The van der Waals surface area contributed by atoms with Crippen LogP contribution in [0.4, 0.5) is 0 Å². The van der Waals surface area contributed by atoms with E-state index in [4.69, 9.17) is 27.9 Å². The van der Waals surface area contributed by atoms with Crippen LogP contribution in [0, 0.1) is 0 Å². The first-order valence-corrected chi connectivity index (χ1v) is 12.4. The minimum Gasteiger partial charge on any atom is -0.484 e. The van der Waals surface area contributed by atoms with E-state index in [9.17, 15) is 9.59 Å². The molecule has 0 spiro atoms. The van der Waals surface area contributed by atoms with Crippen molar-refractivity contribution in [1.29, 1.82) is 0 Å². The van der Waals surface area contributed by atoms with Crippen molar-refractivity contribution in [3.05, 3.63) is 100 Å². The summed E-state index contributed by atoms with van der Waals surface area (Å²) in [7, 11) is 0. The summed E-state index contributed by atoms with van der Waals surface area (Å²) in [6, 6.07) is 23.2. The number of nitrogens with one attached hydrogen (secondary N) is 1. The van der Waals surface area contributed by atoms with Gasteiger partial charge in [0.15, 0.2) is 6.61 Å².